The molecule has 0 amide bonds. The highest BCUT2D eigenvalue weighted by Crippen LogP contribution is 2.31. The smallest absolute Gasteiger partial charge is 0.338 e. The zero-order valence-corrected chi connectivity index (χ0v) is 22.5. The Kier molecular flexibility index (Phi) is 7.58. The standard InChI is InChI=1S/C30H25ClN2O4S/c1-3-36-29(35)26-19(2)32-30-33(27(26)22-12-14-23(31)15-13-22)28(34)25(38-30)17-21-10-7-11-24(16-21)37-18-20-8-5-4-6-9-20/h4-17,27H,3,18H2,1-2H3/b25-17+/t27-/m1/s1. The Hall–Kier alpha value is -3.94. The fraction of sp³-hybridized carbons (Fsp3) is 0.167. The molecule has 0 unspecified atom stereocenters. The minimum Gasteiger partial charge on any atom is -0.489 e. The van der Waals surface area contributed by atoms with Gasteiger partial charge in [0.25, 0.3) is 5.56 Å². The number of hydrogen-bond donors (Lipinski definition) is 0. The van der Waals surface area contributed by atoms with E-state index in [0.717, 1.165) is 16.7 Å². The van der Waals surface area contributed by atoms with E-state index in [2.05, 4.69) is 4.99 Å². The van der Waals surface area contributed by atoms with Crippen molar-refractivity contribution in [2.24, 2.45) is 4.99 Å². The molecular formula is C30H25ClN2O4S. The van der Waals surface area contributed by atoms with Crippen molar-refractivity contribution in [2.45, 2.75) is 26.5 Å². The van der Waals surface area contributed by atoms with E-state index < -0.39 is 12.0 Å². The number of benzene rings is 3. The summed E-state index contributed by atoms with van der Waals surface area (Å²) in [5.74, 6) is 0.209. The van der Waals surface area contributed by atoms with Gasteiger partial charge in [-0.05, 0) is 60.9 Å². The van der Waals surface area contributed by atoms with Gasteiger partial charge in [-0.3, -0.25) is 9.36 Å². The van der Waals surface area contributed by atoms with Gasteiger partial charge in [0, 0.05) is 5.02 Å². The van der Waals surface area contributed by atoms with Crippen molar-refractivity contribution >= 4 is 35.0 Å². The van der Waals surface area contributed by atoms with Gasteiger partial charge in [-0.25, -0.2) is 9.79 Å². The maximum Gasteiger partial charge on any atom is 0.338 e. The van der Waals surface area contributed by atoms with E-state index in [1.807, 2.05) is 72.8 Å². The van der Waals surface area contributed by atoms with Crippen LogP contribution in [-0.2, 0) is 16.1 Å². The number of ether oxygens (including phenoxy) is 2. The molecule has 5 rings (SSSR count). The number of thiazole rings is 1. The lowest BCUT2D eigenvalue weighted by Gasteiger charge is -2.24. The first-order valence-electron chi connectivity index (χ1n) is 12.2. The zero-order valence-electron chi connectivity index (χ0n) is 20.9. The Labute approximate surface area is 228 Å². The van der Waals surface area contributed by atoms with Gasteiger partial charge in [0.15, 0.2) is 4.80 Å². The highest BCUT2D eigenvalue weighted by molar-refractivity contribution is 7.07. The van der Waals surface area contributed by atoms with Gasteiger partial charge in [-0.1, -0.05) is 77.5 Å². The number of esters is 1. The molecule has 1 aliphatic rings. The van der Waals surface area contributed by atoms with Crippen LogP contribution in [0.4, 0.5) is 0 Å². The molecule has 0 aliphatic carbocycles. The molecule has 1 atom stereocenters. The van der Waals surface area contributed by atoms with Crippen molar-refractivity contribution in [3.63, 3.8) is 0 Å². The van der Waals surface area contributed by atoms with Crippen molar-refractivity contribution in [1.29, 1.82) is 0 Å². The van der Waals surface area contributed by atoms with Crippen molar-refractivity contribution < 1.29 is 14.3 Å². The number of rotatable bonds is 7. The Balaban J connectivity index is 1.55. The first-order valence-corrected chi connectivity index (χ1v) is 13.4. The van der Waals surface area contributed by atoms with Crippen LogP contribution in [0.5, 0.6) is 5.75 Å². The molecule has 0 N–H and O–H groups in total. The average molecular weight is 545 g/mol. The maximum absolute atomic E-state index is 13.7. The summed E-state index contributed by atoms with van der Waals surface area (Å²) < 4.78 is 13.4. The number of hydrogen-bond acceptors (Lipinski definition) is 6. The highest BCUT2D eigenvalue weighted by atomic mass is 35.5. The number of carbonyl (C=O) groups is 1. The quantitative estimate of drug-likeness (QED) is 0.306. The largest absolute Gasteiger partial charge is 0.489 e. The molecule has 8 heteroatoms. The summed E-state index contributed by atoms with van der Waals surface area (Å²) in [6.45, 7) is 4.18. The predicted octanol–water partition coefficient (Wildman–Crippen LogP) is 5.03. The molecule has 1 aromatic heterocycles. The summed E-state index contributed by atoms with van der Waals surface area (Å²) >= 11 is 7.40. The first kappa shape index (κ1) is 25.7. The molecule has 0 radical (unpaired) electrons. The first-order chi connectivity index (χ1) is 18.4. The lowest BCUT2D eigenvalue weighted by molar-refractivity contribution is -0.139. The molecular weight excluding hydrogens is 520 g/mol. The lowest BCUT2D eigenvalue weighted by Crippen LogP contribution is -2.39. The third-order valence-electron chi connectivity index (χ3n) is 6.11. The minimum atomic E-state index is -0.676. The second kappa shape index (κ2) is 11.2. The van der Waals surface area contributed by atoms with Crippen molar-refractivity contribution in [2.75, 3.05) is 6.61 Å². The molecule has 4 aromatic rings. The van der Waals surface area contributed by atoms with Crippen molar-refractivity contribution in [3.05, 3.63) is 132 Å². The fourth-order valence-electron chi connectivity index (χ4n) is 4.34. The molecule has 0 fully saturated rings. The highest BCUT2D eigenvalue weighted by Gasteiger charge is 2.33. The van der Waals surface area contributed by atoms with E-state index in [-0.39, 0.29) is 12.2 Å². The molecule has 3 aromatic carbocycles. The topological polar surface area (TPSA) is 69.9 Å². The van der Waals surface area contributed by atoms with E-state index >= 15 is 0 Å². The molecule has 0 spiro atoms. The van der Waals surface area contributed by atoms with E-state index in [1.54, 1.807) is 30.5 Å². The summed E-state index contributed by atoms with van der Waals surface area (Å²) in [6, 6.07) is 24.0. The zero-order chi connectivity index (χ0) is 26.6. The maximum atomic E-state index is 13.7. The number of allylic oxidation sites excluding steroid dienone is 1. The summed E-state index contributed by atoms with van der Waals surface area (Å²) in [5, 5.41) is 0.564. The molecule has 2 heterocycles. The SMILES string of the molecule is CCOC(=O)C1=C(C)N=c2s/c(=C/c3cccc(OCc4ccccc4)c3)c(=O)n2[C@@H]1c1ccc(Cl)cc1. The van der Waals surface area contributed by atoms with Crippen LogP contribution in [0.2, 0.25) is 5.02 Å². The molecule has 0 saturated heterocycles. The Morgan fingerprint density at radius 2 is 1.84 bits per heavy atom. The van der Waals surface area contributed by atoms with Gasteiger partial charge in [0.1, 0.15) is 12.4 Å². The molecule has 38 heavy (non-hydrogen) atoms. The lowest BCUT2D eigenvalue weighted by atomic mass is 9.96. The van der Waals surface area contributed by atoms with Crippen molar-refractivity contribution in [1.82, 2.24) is 4.57 Å². The van der Waals surface area contributed by atoms with Gasteiger partial charge in [0.2, 0.25) is 0 Å². The van der Waals surface area contributed by atoms with Crippen LogP contribution < -0.4 is 19.6 Å². The number of aromatic nitrogens is 1. The van der Waals surface area contributed by atoms with Gasteiger partial charge < -0.3 is 9.47 Å². The number of carbonyl (C=O) groups excluding carboxylic acids is 1. The minimum absolute atomic E-state index is 0.218. The van der Waals surface area contributed by atoms with Gasteiger partial charge >= 0.3 is 5.97 Å². The third-order valence-corrected chi connectivity index (χ3v) is 7.34. The number of halogens is 1. The Morgan fingerprint density at radius 1 is 1.08 bits per heavy atom. The van der Waals surface area contributed by atoms with Crippen molar-refractivity contribution in [3.8, 4) is 5.75 Å². The van der Waals surface area contributed by atoms with E-state index in [1.165, 1.54) is 11.3 Å². The normalized spacial score (nSPS) is 15.1. The molecule has 192 valence electrons. The van der Waals surface area contributed by atoms with E-state index in [0.29, 0.717) is 38.0 Å². The second-order valence-corrected chi connectivity index (χ2v) is 10.1. The summed E-state index contributed by atoms with van der Waals surface area (Å²) in [7, 11) is 0. The van der Waals surface area contributed by atoms with E-state index in [4.69, 9.17) is 21.1 Å². The predicted molar refractivity (Wildman–Crippen MR) is 149 cm³/mol. The van der Waals surface area contributed by atoms with E-state index in [9.17, 15) is 9.59 Å². The van der Waals surface area contributed by atoms with Gasteiger partial charge in [0.05, 0.1) is 28.5 Å². The van der Waals surface area contributed by atoms with Crippen LogP contribution in [0, 0.1) is 0 Å². The Morgan fingerprint density at radius 3 is 2.58 bits per heavy atom. The van der Waals surface area contributed by atoms with Gasteiger partial charge in [-0.15, -0.1) is 0 Å². The number of fused-ring (bicyclic) bond motifs is 1. The molecule has 0 saturated carbocycles. The van der Waals surface area contributed by atoms with Crippen LogP contribution in [0.25, 0.3) is 6.08 Å². The summed E-state index contributed by atoms with van der Waals surface area (Å²) in [6.07, 6.45) is 1.82. The average Bonchev–Trinajstić information content (AvgIpc) is 3.22. The fourth-order valence-corrected chi connectivity index (χ4v) is 5.51. The summed E-state index contributed by atoms with van der Waals surface area (Å²) in [5.41, 5.74) is 3.26. The Bertz CT molecular complexity index is 1690. The van der Waals surface area contributed by atoms with Crippen LogP contribution in [0.3, 0.4) is 0 Å². The van der Waals surface area contributed by atoms with Crippen LogP contribution in [0.1, 0.15) is 36.6 Å². The molecule has 0 bridgehead atoms. The second-order valence-electron chi connectivity index (χ2n) is 8.70. The monoisotopic (exact) mass is 544 g/mol. The molecule has 6 nitrogen and oxygen atoms in total. The third kappa shape index (κ3) is 5.35. The van der Waals surface area contributed by atoms with Crippen LogP contribution >= 0.6 is 22.9 Å². The van der Waals surface area contributed by atoms with Crippen LogP contribution in [-0.4, -0.2) is 17.1 Å². The number of nitrogens with zero attached hydrogens (tertiary/aromatic N) is 2. The van der Waals surface area contributed by atoms with Crippen LogP contribution in [0.15, 0.2) is 99.9 Å². The molecule has 1 aliphatic heterocycles. The summed E-state index contributed by atoms with van der Waals surface area (Å²) in [4.78, 5) is 31.9. The van der Waals surface area contributed by atoms with Gasteiger partial charge in [-0.2, -0.15) is 0 Å².